The maximum atomic E-state index is 6.93. The van der Waals surface area contributed by atoms with Crippen LogP contribution in [0.1, 0.15) is 48.6 Å². The molecule has 2 aliphatic carbocycles. The van der Waals surface area contributed by atoms with Gasteiger partial charge in [-0.05, 0) is 47.9 Å². The average Bonchev–Trinajstić information content (AvgIpc) is 3.50. The molecule has 4 heteroatoms. The molecule has 4 aliphatic rings. The van der Waals surface area contributed by atoms with Crippen LogP contribution < -0.4 is 9.80 Å². The summed E-state index contributed by atoms with van der Waals surface area (Å²) in [6.07, 6.45) is 9.67. The molecule has 0 amide bonds. The summed E-state index contributed by atoms with van der Waals surface area (Å²) in [5.74, 6) is 1.01. The van der Waals surface area contributed by atoms with Crippen molar-refractivity contribution in [2.75, 3.05) is 9.80 Å². The van der Waals surface area contributed by atoms with E-state index in [9.17, 15) is 0 Å². The van der Waals surface area contributed by atoms with Crippen LogP contribution in [0.15, 0.2) is 97.1 Å². The van der Waals surface area contributed by atoms with Crippen molar-refractivity contribution in [3.8, 4) is 0 Å². The molecule has 6 atom stereocenters. The molecule has 8 rings (SSSR count). The second-order valence-electron chi connectivity index (χ2n) is 11.3. The molecule has 0 saturated heterocycles. The van der Waals surface area contributed by atoms with Crippen molar-refractivity contribution < 1.29 is 25.8 Å². The molecule has 0 radical (unpaired) electrons. The summed E-state index contributed by atoms with van der Waals surface area (Å²) in [4.78, 5) is 4.97. The van der Waals surface area contributed by atoms with Gasteiger partial charge in [0.15, 0.2) is 0 Å². The van der Waals surface area contributed by atoms with Crippen LogP contribution in [0.3, 0.4) is 0 Å². The molecule has 3 nitrogen and oxygen atoms in total. The van der Waals surface area contributed by atoms with E-state index in [0.29, 0.717) is 23.9 Å². The molecule has 202 valence electrons. The Bertz CT molecular complexity index is 1350. The van der Waals surface area contributed by atoms with Gasteiger partial charge in [0.1, 0.15) is 0 Å². The quantitative estimate of drug-likeness (QED) is 0.201. The smallest absolute Gasteiger partial charge is 0.438 e. The predicted octanol–water partition coefficient (Wildman–Crippen LogP) is 7.94. The first kappa shape index (κ1) is 26.1. The standard InChI is InChI=1S/C36H32N2O.Pt/c1-3-11-25(12-4-1)37-33-17-9-7-15-29(33)31-21-19-27(23-35(31)37)39-28-20-22-32-30-16-8-10-18-34(30)38(36(32)24-28)26-13-5-2-6-14-26;/h1-11,13,15-18,23-24,27-28,31-32,35-36H,19-22H2;/q-4;+4. The fourth-order valence-electron chi connectivity index (χ4n) is 7.60. The van der Waals surface area contributed by atoms with Gasteiger partial charge >= 0.3 is 21.1 Å². The number of hydrogen-bond acceptors (Lipinski definition) is 3. The van der Waals surface area contributed by atoms with Crippen LogP contribution in [-0.4, -0.2) is 24.3 Å². The van der Waals surface area contributed by atoms with Gasteiger partial charge in [0.05, 0.1) is 0 Å². The van der Waals surface area contributed by atoms with E-state index in [1.807, 2.05) is 24.3 Å². The van der Waals surface area contributed by atoms with E-state index in [-0.39, 0.29) is 33.3 Å². The maximum Gasteiger partial charge on any atom is 4.00 e. The Balaban J connectivity index is 0.00000264. The molecule has 4 aromatic rings. The van der Waals surface area contributed by atoms with Gasteiger partial charge in [0, 0.05) is 11.4 Å². The van der Waals surface area contributed by atoms with Gasteiger partial charge in [-0.15, -0.1) is 12.1 Å². The molecule has 2 saturated carbocycles. The van der Waals surface area contributed by atoms with E-state index in [0.717, 1.165) is 37.1 Å². The predicted molar refractivity (Wildman–Crippen MR) is 157 cm³/mol. The Morgan fingerprint density at radius 2 is 1.02 bits per heavy atom. The third-order valence-electron chi connectivity index (χ3n) is 9.21. The second kappa shape index (κ2) is 10.8. The van der Waals surface area contributed by atoms with Crippen molar-refractivity contribution in [3.63, 3.8) is 0 Å². The van der Waals surface area contributed by atoms with E-state index in [2.05, 4.69) is 108 Å². The first-order chi connectivity index (χ1) is 19.3. The molecule has 2 heterocycles. The van der Waals surface area contributed by atoms with E-state index in [4.69, 9.17) is 4.74 Å². The summed E-state index contributed by atoms with van der Waals surface area (Å²) in [6.45, 7) is 0. The Labute approximate surface area is 252 Å². The van der Waals surface area contributed by atoms with Crippen LogP contribution in [0.25, 0.3) is 0 Å². The number of nitrogens with zero attached hydrogens (tertiary/aromatic N) is 2. The Morgan fingerprint density at radius 1 is 0.575 bits per heavy atom. The Morgan fingerprint density at radius 3 is 1.48 bits per heavy atom. The number of fused-ring (bicyclic) bond motifs is 6. The Kier molecular flexibility index (Phi) is 7.06. The van der Waals surface area contributed by atoms with Crippen molar-refractivity contribution >= 4 is 22.7 Å². The molecule has 0 N–H and O–H groups in total. The molecule has 6 unspecified atom stereocenters. The Hall–Kier alpha value is -2.87. The monoisotopic (exact) mass is 703 g/mol. The zero-order valence-electron chi connectivity index (χ0n) is 22.3. The van der Waals surface area contributed by atoms with Crippen LogP contribution in [0.4, 0.5) is 22.7 Å². The number of para-hydroxylation sites is 4. The summed E-state index contributed by atoms with van der Waals surface area (Å²) in [7, 11) is 0. The first-order valence-electron chi connectivity index (χ1n) is 14.4. The number of ether oxygens (including phenoxy) is 1. The zero-order chi connectivity index (χ0) is 25.8. The molecular weight excluding hydrogens is 671 g/mol. The fraction of sp³-hybridized carbons (Fsp3) is 0.278. The fourth-order valence-corrected chi connectivity index (χ4v) is 7.60. The summed E-state index contributed by atoms with van der Waals surface area (Å²) in [5, 5.41) is 0. The van der Waals surface area contributed by atoms with E-state index in [1.165, 1.54) is 22.5 Å². The van der Waals surface area contributed by atoms with E-state index in [1.54, 1.807) is 0 Å². The van der Waals surface area contributed by atoms with Gasteiger partial charge in [0.25, 0.3) is 0 Å². The van der Waals surface area contributed by atoms with Crippen LogP contribution >= 0.6 is 0 Å². The molecule has 2 fully saturated rings. The van der Waals surface area contributed by atoms with Crippen molar-refractivity contribution in [3.05, 3.63) is 133 Å². The average molecular weight is 704 g/mol. The molecule has 40 heavy (non-hydrogen) atoms. The van der Waals surface area contributed by atoms with E-state index < -0.39 is 0 Å². The van der Waals surface area contributed by atoms with Crippen molar-refractivity contribution in [1.29, 1.82) is 0 Å². The minimum Gasteiger partial charge on any atom is -0.438 e. The van der Waals surface area contributed by atoms with Gasteiger partial charge in [-0.3, -0.25) is 12.8 Å². The minimum atomic E-state index is 0. The first-order valence-corrected chi connectivity index (χ1v) is 14.4. The van der Waals surface area contributed by atoms with Crippen molar-refractivity contribution in [2.45, 2.75) is 61.8 Å². The van der Waals surface area contributed by atoms with Gasteiger partial charge in [-0.2, -0.15) is 48.5 Å². The molecule has 0 bridgehead atoms. The third-order valence-corrected chi connectivity index (χ3v) is 9.21. The van der Waals surface area contributed by atoms with Crippen LogP contribution in [-0.2, 0) is 25.8 Å². The number of anilines is 4. The van der Waals surface area contributed by atoms with Crippen LogP contribution in [0.2, 0.25) is 0 Å². The minimum absolute atomic E-state index is 0. The normalized spacial score (nSPS) is 28.2. The third kappa shape index (κ3) is 4.34. The van der Waals surface area contributed by atoms with Gasteiger partial charge in [0.2, 0.25) is 0 Å². The van der Waals surface area contributed by atoms with Crippen molar-refractivity contribution in [1.82, 2.24) is 0 Å². The van der Waals surface area contributed by atoms with Crippen molar-refractivity contribution in [2.24, 2.45) is 0 Å². The molecule has 2 aliphatic heterocycles. The summed E-state index contributed by atoms with van der Waals surface area (Å²) in [6, 6.07) is 42.1. The van der Waals surface area contributed by atoms with Crippen LogP contribution in [0, 0.1) is 25.0 Å². The second-order valence-corrected chi connectivity index (χ2v) is 11.3. The van der Waals surface area contributed by atoms with E-state index >= 15 is 0 Å². The zero-order valence-corrected chi connectivity index (χ0v) is 24.6. The number of hydrogen-bond donors (Lipinski definition) is 0. The summed E-state index contributed by atoms with van der Waals surface area (Å²) in [5.41, 5.74) is 7.83. The summed E-state index contributed by atoms with van der Waals surface area (Å²) < 4.78 is 6.93. The van der Waals surface area contributed by atoms with Crippen LogP contribution in [0.5, 0.6) is 0 Å². The topological polar surface area (TPSA) is 15.7 Å². The maximum absolute atomic E-state index is 6.93. The molecule has 4 aromatic carbocycles. The SMILES string of the molecule is [Pt+4].[c-]1ccccc1N1c2ccccc2C2CCC(OC3[CH-]C4C(CC3)c3ccccc3N4c3[c-]cccc3)[CH-]C21. The van der Waals surface area contributed by atoms with Gasteiger partial charge in [-0.1, -0.05) is 84.9 Å². The molecular formula is C36H32N2OPt. The largest absolute Gasteiger partial charge is 4.00 e. The number of benzene rings is 4. The molecule has 0 spiro atoms. The number of rotatable bonds is 4. The van der Waals surface area contributed by atoms with Gasteiger partial charge in [-0.25, -0.2) is 0 Å². The van der Waals surface area contributed by atoms with Gasteiger partial charge < -0.3 is 14.5 Å². The summed E-state index contributed by atoms with van der Waals surface area (Å²) >= 11 is 0. The molecule has 0 aromatic heterocycles.